The van der Waals surface area contributed by atoms with Crippen LogP contribution in [0.4, 0.5) is 5.69 Å². The van der Waals surface area contributed by atoms with Crippen LogP contribution in [-0.2, 0) is 14.3 Å². The molecule has 1 aliphatic heterocycles. The highest BCUT2D eigenvalue weighted by molar-refractivity contribution is 7.99. The number of esters is 1. The van der Waals surface area contributed by atoms with E-state index in [4.69, 9.17) is 15.2 Å². The molecule has 2 unspecified atom stereocenters. The van der Waals surface area contributed by atoms with Crippen LogP contribution in [0.5, 0.6) is 5.75 Å². The standard InChI is InChI=1S/C20H22N2O4S/c1-13(23)26-18-19(14-7-9-15(25-2)10-8-14)27-17-6-4-3-5-16(17)22(12-11-21)20(18)24/h3-10,18-19H,11-12,21H2,1-2H3. The van der Waals surface area contributed by atoms with Crippen LogP contribution in [0, 0.1) is 0 Å². The molecule has 1 amide bonds. The SMILES string of the molecule is COc1ccc(C2Sc3ccccc3N(CCN)C(=O)C2OC(C)=O)cc1. The molecule has 0 aliphatic carbocycles. The van der Waals surface area contributed by atoms with Crippen LogP contribution in [0.1, 0.15) is 17.7 Å². The zero-order valence-electron chi connectivity index (χ0n) is 15.3. The number of para-hydroxylation sites is 1. The second kappa shape index (κ2) is 8.45. The number of hydrogen-bond donors (Lipinski definition) is 1. The first-order chi connectivity index (χ1) is 13.0. The Hall–Kier alpha value is -2.51. The number of amides is 1. The second-order valence-electron chi connectivity index (χ2n) is 6.09. The molecule has 27 heavy (non-hydrogen) atoms. The van der Waals surface area contributed by atoms with E-state index in [0.29, 0.717) is 13.1 Å². The molecule has 2 atom stereocenters. The van der Waals surface area contributed by atoms with Gasteiger partial charge >= 0.3 is 5.97 Å². The molecule has 7 heteroatoms. The summed E-state index contributed by atoms with van der Waals surface area (Å²) >= 11 is 1.51. The molecule has 6 nitrogen and oxygen atoms in total. The molecule has 142 valence electrons. The van der Waals surface area contributed by atoms with E-state index in [1.807, 2.05) is 48.5 Å². The third kappa shape index (κ3) is 4.09. The number of fused-ring (bicyclic) bond motifs is 1. The molecular weight excluding hydrogens is 364 g/mol. The van der Waals surface area contributed by atoms with E-state index in [1.54, 1.807) is 12.0 Å². The highest BCUT2D eigenvalue weighted by Gasteiger charge is 2.40. The van der Waals surface area contributed by atoms with Gasteiger partial charge in [-0.05, 0) is 29.8 Å². The lowest BCUT2D eigenvalue weighted by molar-refractivity contribution is -0.152. The van der Waals surface area contributed by atoms with E-state index >= 15 is 0 Å². The van der Waals surface area contributed by atoms with Gasteiger partial charge in [-0.25, -0.2) is 0 Å². The fourth-order valence-corrected chi connectivity index (χ4v) is 4.39. The number of methoxy groups -OCH3 is 1. The quantitative estimate of drug-likeness (QED) is 0.796. The molecule has 0 saturated carbocycles. The van der Waals surface area contributed by atoms with Crippen molar-refractivity contribution in [2.45, 2.75) is 23.2 Å². The van der Waals surface area contributed by atoms with Crippen molar-refractivity contribution in [3.05, 3.63) is 54.1 Å². The molecule has 2 aromatic rings. The Morgan fingerprint density at radius 2 is 1.89 bits per heavy atom. The lowest BCUT2D eigenvalue weighted by Gasteiger charge is -2.27. The summed E-state index contributed by atoms with van der Waals surface area (Å²) in [5.74, 6) is -0.0436. The molecule has 0 radical (unpaired) electrons. The third-order valence-corrected chi connectivity index (χ3v) is 5.66. The van der Waals surface area contributed by atoms with E-state index in [2.05, 4.69) is 0 Å². The van der Waals surface area contributed by atoms with Crippen molar-refractivity contribution in [2.24, 2.45) is 5.73 Å². The van der Waals surface area contributed by atoms with E-state index in [-0.39, 0.29) is 11.2 Å². The fraction of sp³-hybridized carbons (Fsp3) is 0.300. The maximum Gasteiger partial charge on any atom is 0.303 e. The van der Waals surface area contributed by atoms with Crippen LogP contribution in [-0.4, -0.2) is 38.2 Å². The van der Waals surface area contributed by atoms with Crippen LogP contribution in [0.3, 0.4) is 0 Å². The Bertz CT molecular complexity index is 825. The summed E-state index contributed by atoms with van der Waals surface area (Å²) in [5, 5.41) is -0.378. The molecule has 2 aromatic carbocycles. The first kappa shape index (κ1) is 19.3. The Morgan fingerprint density at radius 1 is 1.19 bits per heavy atom. The predicted molar refractivity (Wildman–Crippen MR) is 105 cm³/mol. The second-order valence-corrected chi connectivity index (χ2v) is 7.27. The molecule has 0 bridgehead atoms. The van der Waals surface area contributed by atoms with Crippen molar-refractivity contribution < 1.29 is 19.1 Å². The molecule has 1 aliphatic rings. The van der Waals surface area contributed by atoms with Gasteiger partial charge in [0.15, 0.2) is 6.10 Å². The average molecular weight is 386 g/mol. The summed E-state index contributed by atoms with van der Waals surface area (Å²) in [7, 11) is 1.60. The lowest BCUT2D eigenvalue weighted by Crippen LogP contribution is -2.44. The van der Waals surface area contributed by atoms with Crippen molar-refractivity contribution in [3.63, 3.8) is 0 Å². The molecule has 0 spiro atoms. The molecule has 1 heterocycles. The number of carbonyl (C=O) groups is 2. The average Bonchev–Trinajstić information content (AvgIpc) is 2.78. The summed E-state index contributed by atoms with van der Waals surface area (Å²) in [5.41, 5.74) is 7.39. The Balaban J connectivity index is 2.09. The number of carbonyl (C=O) groups excluding carboxylic acids is 2. The highest BCUT2D eigenvalue weighted by Crippen LogP contribution is 2.46. The van der Waals surface area contributed by atoms with Crippen molar-refractivity contribution in [1.29, 1.82) is 0 Å². The van der Waals surface area contributed by atoms with Gasteiger partial charge in [-0.15, -0.1) is 11.8 Å². The van der Waals surface area contributed by atoms with Crippen molar-refractivity contribution >= 4 is 29.3 Å². The highest BCUT2D eigenvalue weighted by atomic mass is 32.2. The smallest absolute Gasteiger partial charge is 0.303 e. The number of nitrogens with two attached hydrogens (primary N) is 1. The summed E-state index contributed by atoms with van der Waals surface area (Å²) in [6.45, 7) is 1.97. The number of nitrogens with zero attached hydrogens (tertiary/aromatic N) is 1. The molecule has 0 saturated heterocycles. The van der Waals surface area contributed by atoms with Crippen LogP contribution >= 0.6 is 11.8 Å². The topological polar surface area (TPSA) is 81.9 Å². The van der Waals surface area contributed by atoms with Gasteiger partial charge in [0.25, 0.3) is 5.91 Å². The molecular formula is C20H22N2O4S. The minimum Gasteiger partial charge on any atom is -0.497 e. The first-order valence-electron chi connectivity index (χ1n) is 8.63. The number of rotatable bonds is 5. The number of anilines is 1. The summed E-state index contributed by atoms with van der Waals surface area (Å²) in [6, 6.07) is 15.1. The third-order valence-electron chi connectivity index (χ3n) is 4.28. The Labute approximate surface area is 162 Å². The number of benzene rings is 2. The summed E-state index contributed by atoms with van der Waals surface area (Å²) < 4.78 is 10.7. The van der Waals surface area contributed by atoms with E-state index in [0.717, 1.165) is 21.9 Å². The molecule has 0 aromatic heterocycles. The van der Waals surface area contributed by atoms with E-state index in [9.17, 15) is 9.59 Å². The monoisotopic (exact) mass is 386 g/mol. The van der Waals surface area contributed by atoms with Crippen LogP contribution in [0.25, 0.3) is 0 Å². The zero-order chi connectivity index (χ0) is 19.4. The Kier molecular flexibility index (Phi) is 6.03. The normalized spacial score (nSPS) is 19.2. The van der Waals surface area contributed by atoms with Gasteiger partial charge in [0.1, 0.15) is 5.75 Å². The van der Waals surface area contributed by atoms with E-state index < -0.39 is 12.1 Å². The maximum atomic E-state index is 13.3. The van der Waals surface area contributed by atoms with Crippen molar-refractivity contribution in [2.75, 3.05) is 25.1 Å². The zero-order valence-corrected chi connectivity index (χ0v) is 16.1. The number of hydrogen-bond acceptors (Lipinski definition) is 6. The maximum absolute atomic E-state index is 13.3. The van der Waals surface area contributed by atoms with Crippen LogP contribution < -0.4 is 15.4 Å². The summed E-state index contributed by atoms with van der Waals surface area (Å²) in [6.07, 6.45) is -0.945. The van der Waals surface area contributed by atoms with Crippen molar-refractivity contribution in [1.82, 2.24) is 0 Å². The molecule has 2 N–H and O–H groups in total. The van der Waals surface area contributed by atoms with Gasteiger partial charge in [0.05, 0.1) is 18.0 Å². The van der Waals surface area contributed by atoms with Gasteiger partial charge in [-0.3, -0.25) is 9.59 Å². The van der Waals surface area contributed by atoms with E-state index in [1.165, 1.54) is 18.7 Å². The van der Waals surface area contributed by atoms with Crippen LogP contribution in [0.2, 0.25) is 0 Å². The minimum absolute atomic E-state index is 0.270. The van der Waals surface area contributed by atoms with Gasteiger partial charge in [0.2, 0.25) is 0 Å². The number of thioether (sulfide) groups is 1. The van der Waals surface area contributed by atoms with Gasteiger partial charge in [-0.1, -0.05) is 24.3 Å². The van der Waals surface area contributed by atoms with Crippen LogP contribution in [0.15, 0.2) is 53.4 Å². The largest absolute Gasteiger partial charge is 0.497 e. The van der Waals surface area contributed by atoms with Gasteiger partial charge in [0, 0.05) is 24.9 Å². The number of ether oxygens (including phenoxy) is 2. The van der Waals surface area contributed by atoms with Gasteiger partial charge in [-0.2, -0.15) is 0 Å². The molecule has 0 fully saturated rings. The first-order valence-corrected chi connectivity index (χ1v) is 9.51. The predicted octanol–water partition coefficient (Wildman–Crippen LogP) is 2.77. The van der Waals surface area contributed by atoms with Crippen molar-refractivity contribution in [3.8, 4) is 5.75 Å². The lowest BCUT2D eigenvalue weighted by atomic mass is 10.1. The summed E-state index contributed by atoms with van der Waals surface area (Å²) in [4.78, 5) is 27.6. The van der Waals surface area contributed by atoms with Gasteiger partial charge < -0.3 is 20.1 Å². The molecule has 3 rings (SSSR count). The minimum atomic E-state index is -0.945. The Morgan fingerprint density at radius 3 is 2.52 bits per heavy atom. The fourth-order valence-electron chi connectivity index (χ4n) is 3.07.